The number of carbonyl (C=O) groups excluding carboxylic acids is 1. The van der Waals surface area contributed by atoms with Gasteiger partial charge in [-0.05, 0) is 44.9 Å². The fourth-order valence-corrected chi connectivity index (χ4v) is 3.00. The molecule has 4 nitrogen and oxygen atoms in total. The van der Waals surface area contributed by atoms with Crippen molar-refractivity contribution in [3.63, 3.8) is 0 Å². The van der Waals surface area contributed by atoms with E-state index in [1.807, 2.05) is 0 Å². The lowest BCUT2D eigenvalue weighted by Crippen LogP contribution is -2.41. The minimum atomic E-state index is -4.35. The van der Waals surface area contributed by atoms with Crippen molar-refractivity contribution in [1.82, 2.24) is 4.90 Å². The molecular weight excluding hydrogens is 335 g/mol. The van der Waals surface area contributed by atoms with Gasteiger partial charge < -0.3 is 14.4 Å². The Hall–Kier alpha value is -1.76. The fourth-order valence-electron chi connectivity index (χ4n) is 3.00. The molecule has 7 heteroatoms. The van der Waals surface area contributed by atoms with Gasteiger partial charge in [0.05, 0.1) is 18.2 Å². The Kier molecular flexibility index (Phi) is 5.66. The number of methoxy groups -OCH3 is 1. The predicted octanol–water partition coefficient (Wildman–Crippen LogP) is 4.44. The van der Waals surface area contributed by atoms with Crippen molar-refractivity contribution in [1.29, 1.82) is 0 Å². The van der Waals surface area contributed by atoms with E-state index in [9.17, 15) is 18.0 Å². The highest BCUT2D eigenvalue weighted by molar-refractivity contribution is 5.69. The molecule has 0 N–H and O–H groups in total. The van der Waals surface area contributed by atoms with Crippen LogP contribution in [-0.2, 0) is 15.7 Å². The monoisotopic (exact) mass is 359 g/mol. The van der Waals surface area contributed by atoms with Gasteiger partial charge >= 0.3 is 12.3 Å². The molecule has 1 aliphatic rings. The molecule has 0 saturated carbocycles. The Morgan fingerprint density at radius 3 is 2.28 bits per heavy atom. The molecule has 1 unspecified atom stereocenters. The zero-order valence-corrected chi connectivity index (χ0v) is 14.9. The Labute approximate surface area is 145 Å². The van der Waals surface area contributed by atoms with Crippen molar-refractivity contribution in [2.75, 3.05) is 20.3 Å². The summed E-state index contributed by atoms with van der Waals surface area (Å²) >= 11 is 0. The molecule has 2 atom stereocenters. The number of hydrogen-bond donors (Lipinski definition) is 0. The number of amides is 1. The number of halogens is 3. The first kappa shape index (κ1) is 19.6. The summed E-state index contributed by atoms with van der Waals surface area (Å²) in [6.07, 6.45) is -4.16. The maximum atomic E-state index is 12.7. The summed E-state index contributed by atoms with van der Waals surface area (Å²) in [5, 5.41) is 0. The van der Waals surface area contributed by atoms with Crippen LogP contribution < -0.4 is 0 Å². The average molecular weight is 359 g/mol. The SMILES string of the molecule is COC[C@@H]1CC(c2ccc(C(F)(F)F)cc2)CN1C(=O)OC(C)(C)C. The maximum absolute atomic E-state index is 12.7. The number of benzene rings is 1. The second kappa shape index (κ2) is 7.23. The van der Waals surface area contributed by atoms with Crippen LogP contribution in [0.2, 0.25) is 0 Å². The summed E-state index contributed by atoms with van der Waals surface area (Å²) in [7, 11) is 1.55. The molecule has 1 aromatic carbocycles. The second-order valence-electron chi connectivity index (χ2n) is 7.29. The van der Waals surface area contributed by atoms with E-state index < -0.39 is 23.4 Å². The van der Waals surface area contributed by atoms with Crippen LogP contribution in [0.15, 0.2) is 24.3 Å². The van der Waals surface area contributed by atoms with E-state index in [0.717, 1.165) is 17.7 Å². The van der Waals surface area contributed by atoms with Crippen molar-refractivity contribution in [3.8, 4) is 0 Å². The number of nitrogens with zero attached hydrogens (tertiary/aromatic N) is 1. The highest BCUT2D eigenvalue weighted by Gasteiger charge is 2.38. The summed E-state index contributed by atoms with van der Waals surface area (Å²) in [4.78, 5) is 14.0. The molecule has 1 saturated heterocycles. The van der Waals surface area contributed by atoms with Crippen LogP contribution in [0.4, 0.5) is 18.0 Å². The van der Waals surface area contributed by atoms with Gasteiger partial charge in [0.2, 0.25) is 0 Å². The Balaban J connectivity index is 2.14. The topological polar surface area (TPSA) is 38.8 Å². The van der Waals surface area contributed by atoms with Gasteiger partial charge in [0, 0.05) is 19.6 Å². The molecule has 0 spiro atoms. The smallest absolute Gasteiger partial charge is 0.416 e. The molecule has 2 rings (SSSR count). The number of rotatable bonds is 3. The Bertz CT molecular complexity index is 593. The van der Waals surface area contributed by atoms with Crippen molar-refractivity contribution in [3.05, 3.63) is 35.4 Å². The van der Waals surface area contributed by atoms with Gasteiger partial charge in [-0.2, -0.15) is 13.2 Å². The van der Waals surface area contributed by atoms with Crippen LogP contribution in [0.5, 0.6) is 0 Å². The number of hydrogen-bond acceptors (Lipinski definition) is 3. The van der Waals surface area contributed by atoms with Gasteiger partial charge in [-0.1, -0.05) is 12.1 Å². The molecule has 0 aromatic heterocycles. The van der Waals surface area contributed by atoms with E-state index in [0.29, 0.717) is 19.6 Å². The lowest BCUT2D eigenvalue weighted by molar-refractivity contribution is -0.137. The van der Waals surface area contributed by atoms with Crippen LogP contribution in [0.3, 0.4) is 0 Å². The Morgan fingerprint density at radius 2 is 1.80 bits per heavy atom. The molecule has 0 radical (unpaired) electrons. The first-order chi connectivity index (χ1) is 11.5. The van der Waals surface area contributed by atoms with Crippen LogP contribution in [0.1, 0.15) is 44.2 Å². The molecule has 0 aliphatic carbocycles. The summed E-state index contributed by atoms with van der Waals surface area (Å²) in [5.41, 5.74) is -0.506. The summed E-state index contributed by atoms with van der Waals surface area (Å²) in [6.45, 7) is 6.13. The van der Waals surface area contributed by atoms with Crippen LogP contribution >= 0.6 is 0 Å². The van der Waals surface area contributed by atoms with E-state index in [4.69, 9.17) is 9.47 Å². The highest BCUT2D eigenvalue weighted by Crippen LogP contribution is 2.35. The van der Waals surface area contributed by atoms with Crippen molar-refractivity contribution < 1.29 is 27.4 Å². The first-order valence-corrected chi connectivity index (χ1v) is 8.17. The predicted molar refractivity (Wildman–Crippen MR) is 87.4 cm³/mol. The molecule has 0 bridgehead atoms. The quantitative estimate of drug-likeness (QED) is 0.801. The van der Waals surface area contributed by atoms with Gasteiger partial charge in [0.1, 0.15) is 5.60 Å². The van der Waals surface area contributed by atoms with Gasteiger partial charge in [-0.15, -0.1) is 0 Å². The molecule has 1 fully saturated rings. The molecule has 140 valence electrons. The van der Waals surface area contributed by atoms with E-state index in [1.165, 1.54) is 12.1 Å². The van der Waals surface area contributed by atoms with Crippen molar-refractivity contribution >= 4 is 6.09 Å². The molecule has 25 heavy (non-hydrogen) atoms. The number of ether oxygens (including phenoxy) is 2. The lowest BCUT2D eigenvalue weighted by atomic mass is 9.95. The third kappa shape index (κ3) is 5.11. The first-order valence-electron chi connectivity index (χ1n) is 8.17. The third-order valence-corrected chi connectivity index (χ3v) is 4.11. The summed E-state index contributed by atoms with van der Waals surface area (Å²) in [5.74, 6) is -0.0463. The molecule has 1 heterocycles. The van der Waals surface area contributed by atoms with Crippen LogP contribution in [-0.4, -0.2) is 42.9 Å². The highest BCUT2D eigenvalue weighted by atomic mass is 19.4. The zero-order valence-electron chi connectivity index (χ0n) is 14.9. The van der Waals surface area contributed by atoms with Crippen molar-refractivity contribution in [2.45, 2.75) is 50.9 Å². The minimum absolute atomic E-state index is 0.0463. The number of carbonyl (C=O) groups is 1. The molecule has 1 aromatic rings. The second-order valence-corrected chi connectivity index (χ2v) is 7.29. The van der Waals surface area contributed by atoms with E-state index in [-0.39, 0.29) is 12.0 Å². The lowest BCUT2D eigenvalue weighted by Gasteiger charge is -2.28. The zero-order chi connectivity index (χ0) is 18.8. The average Bonchev–Trinajstić information content (AvgIpc) is 2.89. The standard InChI is InChI=1S/C18H24F3NO3/c1-17(2,3)25-16(23)22-10-13(9-15(22)11-24-4)12-5-7-14(8-6-12)18(19,20)21/h5-8,13,15H,9-11H2,1-4H3/t13?,15-/m0/s1. The fraction of sp³-hybridized carbons (Fsp3) is 0.611. The molecule has 1 aliphatic heterocycles. The maximum Gasteiger partial charge on any atom is 0.416 e. The van der Waals surface area contributed by atoms with Gasteiger partial charge in [-0.25, -0.2) is 4.79 Å². The molecular formula is C18H24F3NO3. The van der Waals surface area contributed by atoms with Crippen LogP contribution in [0, 0.1) is 0 Å². The summed E-state index contributed by atoms with van der Waals surface area (Å²) in [6, 6.07) is 4.96. The van der Waals surface area contributed by atoms with E-state index in [1.54, 1.807) is 32.8 Å². The van der Waals surface area contributed by atoms with E-state index >= 15 is 0 Å². The van der Waals surface area contributed by atoms with E-state index in [2.05, 4.69) is 0 Å². The van der Waals surface area contributed by atoms with Gasteiger partial charge in [0.25, 0.3) is 0 Å². The normalized spacial score (nSPS) is 21.5. The van der Waals surface area contributed by atoms with Crippen LogP contribution in [0.25, 0.3) is 0 Å². The molecule has 1 amide bonds. The Morgan fingerprint density at radius 1 is 1.20 bits per heavy atom. The third-order valence-electron chi connectivity index (χ3n) is 4.11. The largest absolute Gasteiger partial charge is 0.444 e. The van der Waals surface area contributed by atoms with Gasteiger partial charge in [-0.3, -0.25) is 0 Å². The minimum Gasteiger partial charge on any atom is -0.444 e. The van der Waals surface area contributed by atoms with Crippen molar-refractivity contribution in [2.24, 2.45) is 0 Å². The van der Waals surface area contributed by atoms with Gasteiger partial charge in [0.15, 0.2) is 0 Å². The number of alkyl halides is 3. The summed E-state index contributed by atoms with van der Waals surface area (Å²) < 4.78 is 48.7. The number of likely N-dealkylation sites (tertiary alicyclic amines) is 1.